The fourth-order valence-electron chi connectivity index (χ4n) is 4.67. The van der Waals surface area contributed by atoms with Gasteiger partial charge < -0.3 is 25.6 Å². The average molecular weight is 504 g/mol. The van der Waals surface area contributed by atoms with E-state index >= 15 is 0 Å². The van der Waals surface area contributed by atoms with E-state index in [9.17, 15) is 23.5 Å². The topological polar surface area (TPSA) is 123 Å². The molecule has 0 radical (unpaired) electrons. The van der Waals surface area contributed by atoms with Gasteiger partial charge in [-0.3, -0.25) is 9.59 Å². The Balaban J connectivity index is 1.61. The lowest BCUT2D eigenvalue weighted by Crippen LogP contribution is -2.42. The number of amidine groups is 1. The number of anilines is 1. The Bertz CT molecular complexity index is 1180. The number of aliphatic hydroxyl groups excluding tert-OH is 1. The predicted octanol–water partition coefficient (Wildman–Crippen LogP) is 2.27. The molecule has 1 aliphatic heterocycles. The predicted molar refractivity (Wildman–Crippen MR) is 133 cm³/mol. The second kappa shape index (κ2) is 10.2. The largest absolute Gasteiger partial charge is 0.393 e. The molecule has 2 aliphatic carbocycles. The molecule has 1 aromatic heterocycles. The number of carbonyl (C=O) groups excluding carboxylic acids is 1. The number of hydrazone groups is 1. The summed E-state index contributed by atoms with van der Waals surface area (Å²) in [5.74, 6) is -2.20. The molecule has 3 aliphatic rings. The summed E-state index contributed by atoms with van der Waals surface area (Å²) in [4.78, 5) is 30.5. The number of nitrogens with zero attached hydrogens (tertiary/aromatic N) is 4. The van der Waals surface area contributed by atoms with Crippen LogP contribution >= 0.6 is 0 Å². The number of aliphatic hydroxyl groups is 1. The van der Waals surface area contributed by atoms with Crippen molar-refractivity contribution in [3.63, 3.8) is 0 Å². The van der Waals surface area contributed by atoms with E-state index < -0.39 is 23.6 Å². The first-order valence-corrected chi connectivity index (χ1v) is 11.9. The van der Waals surface area contributed by atoms with E-state index in [4.69, 9.17) is 0 Å². The summed E-state index contributed by atoms with van der Waals surface area (Å²) in [6.45, 7) is 5.18. The quantitative estimate of drug-likeness (QED) is 0.349. The van der Waals surface area contributed by atoms with Crippen LogP contribution in [0.1, 0.15) is 51.5 Å². The van der Waals surface area contributed by atoms with Crippen LogP contribution < -0.4 is 21.5 Å². The highest BCUT2D eigenvalue weighted by atomic mass is 19.3. The van der Waals surface area contributed by atoms with E-state index in [0.29, 0.717) is 12.2 Å². The summed E-state index contributed by atoms with van der Waals surface area (Å²) in [6, 6.07) is 2.44. The van der Waals surface area contributed by atoms with E-state index in [0.717, 1.165) is 19.3 Å². The highest BCUT2D eigenvalue weighted by Crippen LogP contribution is 2.44. The fraction of sp³-hybridized carbons (Fsp3) is 0.500. The maximum atomic E-state index is 13.3. The molecule has 0 spiro atoms. The normalized spacial score (nSPS) is 25.2. The van der Waals surface area contributed by atoms with Crippen LogP contribution in [-0.4, -0.2) is 58.3 Å². The molecule has 0 aromatic carbocycles. The van der Waals surface area contributed by atoms with Crippen LogP contribution in [-0.2, 0) is 4.79 Å². The van der Waals surface area contributed by atoms with Crippen LogP contribution in [0.3, 0.4) is 0 Å². The van der Waals surface area contributed by atoms with Gasteiger partial charge >= 0.3 is 0 Å². The summed E-state index contributed by atoms with van der Waals surface area (Å²) in [5, 5.41) is 24.1. The second-order valence-electron chi connectivity index (χ2n) is 9.35. The molecule has 1 amide bonds. The van der Waals surface area contributed by atoms with Crippen LogP contribution in [0.15, 0.2) is 56.5 Å². The van der Waals surface area contributed by atoms with Gasteiger partial charge in [0.1, 0.15) is 17.3 Å². The first kappa shape index (κ1) is 25.5. The van der Waals surface area contributed by atoms with Crippen LogP contribution in [0.2, 0.25) is 0 Å². The zero-order valence-electron chi connectivity index (χ0n) is 20.3. The number of carbonyl (C=O) groups is 1. The number of aromatic nitrogens is 1. The molecular formula is C24H31F2N7O3. The molecule has 4 N–H and O–H groups in total. The van der Waals surface area contributed by atoms with Crippen LogP contribution in [0.4, 0.5) is 14.5 Å². The lowest BCUT2D eigenvalue weighted by molar-refractivity contribution is -0.118. The van der Waals surface area contributed by atoms with Crippen molar-refractivity contribution in [2.24, 2.45) is 10.1 Å². The molecule has 2 atom stereocenters. The maximum absolute atomic E-state index is 13.3. The summed E-state index contributed by atoms with van der Waals surface area (Å²) >= 11 is 0. The lowest BCUT2D eigenvalue weighted by atomic mass is 9.88. The number of halogens is 2. The van der Waals surface area contributed by atoms with Crippen LogP contribution in [0.5, 0.6) is 0 Å². The molecule has 1 aromatic rings. The molecule has 0 unspecified atom stereocenters. The van der Waals surface area contributed by atoms with Crippen molar-refractivity contribution in [1.82, 2.24) is 20.2 Å². The molecular weight excluding hydrogens is 472 g/mol. The van der Waals surface area contributed by atoms with Crippen molar-refractivity contribution in [1.29, 1.82) is 0 Å². The van der Waals surface area contributed by atoms with Gasteiger partial charge in [0.25, 0.3) is 17.4 Å². The van der Waals surface area contributed by atoms with Gasteiger partial charge in [-0.05, 0) is 44.7 Å². The van der Waals surface area contributed by atoms with Gasteiger partial charge in [0, 0.05) is 51.0 Å². The molecule has 0 bridgehead atoms. The fourth-order valence-corrected chi connectivity index (χ4v) is 4.67. The van der Waals surface area contributed by atoms with Gasteiger partial charge in [-0.2, -0.15) is 10.1 Å². The van der Waals surface area contributed by atoms with Gasteiger partial charge in [0.2, 0.25) is 0 Å². The molecule has 0 saturated heterocycles. The highest BCUT2D eigenvalue weighted by molar-refractivity contribution is 6.06. The number of amides is 1. The van der Waals surface area contributed by atoms with Crippen molar-refractivity contribution >= 4 is 24.1 Å². The minimum absolute atomic E-state index is 0.145. The van der Waals surface area contributed by atoms with E-state index in [2.05, 4.69) is 32.8 Å². The van der Waals surface area contributed by atoms with E-state index in [-0.39, 0.29) is 47.7 Å². The third-order valence-corrected chi connectivity index (χ3v) is 6.68. The number of alkyl halides is 2. The number of aliphatic imine (C=N–C) groups is 1. The molecule has 12 heteroatoms. The maximum Gasteiger partial charge on any atom is 0.274 e. The van der Waals surface area contributed by atoms with Crippen molar-refractivity contribution in [3.05, 3.63) is 52.0 Å². The Morgan fingerprint density at radius 3 is 2.72 bits per heavy atom. The molecule has 36 heavy (non-hydrogen) atoms. The number of rotatable bonds is 6. The third kappa shape index (κ3) is 5.32. The molecule has 2 saturated carbocycles. The zero-order chi connectivity index (χ0) is 26.0. The van der Waals surface area contributed by atoms with Crippen LogP contribution in [0.25, 0.3) is 0 Å². The van der Waals surface area contributed by atoms with Crippen molar-refractivity contribution in [2.45, 2.75) is 69.6 Å². The monoisotopic (exact) mass is 503 g/mol. The Hall–Kier alpha value is -3.54. The average Bonchev–Trinajstić information content (AvgIpc) is 2.82. The Morgan fingerprint density at radius 1 is 1.33 bits per heavy atom. The third-order valence-electron chi connectivity index (χ3n) is 6.68. The SMILES string of the molecule is C=NN1C(NC)=CC(Nc2cccn(C3CC(F)(F)C3)c2=O)=N/C1=C(/C)C(=O)N[C@@H]1CCC[C@@H](O)C1. The lowest BCUT2D eigenvalue weighted by Gasteiger charge is -2.36. The summed E-state index contributed by atoms with van der Waals surface area (Å²) < 4.78 is 28.0. The molecule has 194 valence electrons. The number of hydrogen-bond donors (Lipinski definition) is 4. The molecule has 2 heterocycles. The van der Waals surface area contributed by atoms with Gasteiger partial charge in [0.05, 0.1) is 11.7 Å². The Kier molecular flexibility index (Phi) is 7.25. The van der Waals surface area contributed by atoms with Gasteiger partial charge in [-0.25, -0.2) is 13.8 Å². The van der Waals surface area contributed by atoms with E-state index in [1.807, 2.05) is 0 Å². The van der Waals surface area contributed by atoms with Crippen LogP contribution in [0, 0.1) is 0 Å². The summed E-state index contributed by atoms with van der Waals surface area (Å²) in [7, 11) is 1.66. The number of pyridine rings is 1. The zero-order valence-corrected chi connectivity index (χ0v) is 20.3. The number of hydrogen-bond acceptors (Lipinski definition) is 8. The van der Waals surface area contributed by atoms with Crippen molar-refractivity contribution < 1.29 is 18.7 Å². The first-order chi connectivity index (χ1) is 17.1. The van der Waals surface area contributed by atoms with Gasteiger partial charge in [-0.1, -0.05) is 0 Å². The highest BCUT2D eigenvalue weighted by Gasteiger charge is 2.46. The first-order valence-electron chi connectivity index (χ1n) is 11.9. The van der Waals surface area contributed by atoms with Gasteiger partial charge in [-0.15, -0.1) is 0 Å². The molecule has 2 fully saturated rings. The van der Waals surface area contributed by atoms with E-state index in [1.165, 1.54) is 15.8 Å². The van der Waals surface area contributed by atoms with Gasteiger partial charge in [0.15, 0.2) is 5.82 Å². The standard InChI is InChI=1S/C24H31F2N7O3/c1-14(22(35)29-15-6-4-7-17(34)10-15)21-31-19(11-20(27-2)33(21)28-3)30-18-8-5-9-32(23(18)36)16-12-24(25,26)13-16/h5,8-9,11,15-17,27,34H,3-4,6-7,10,12-13H2,1-2H3,(H,29,35)(H,30,31)/b21-14+/t15-,17-/m1/s1. The van der Waals surface area contributed by atoms with Crippen molar-refractivity contribution in [2.75, 3.05) is 12.4 Å². The minimum Gasteiger partial charge on any atom is -0.393 e. The Labute approximate surface area is 207 Å². The minimum atomic E-state index is -2.75. The Morgan fingerprint density at radius 2 is 2.08 bits per heavy atom. The summed E-state index contributed by atoms with van der Waals surface area (Å²) in [6.07, 6.45) is 4.72. The number of nitrogens with one attached hydrogen (secondary N) is 3. The molecule has 4 rings (SSSR count). The summed E-state index contributed by atoms with van der Waals surface area (Å²) in [5.41, 5.74) is -0.0131. The molecule has 10 nitrogen and oxygen atoms in total. The smallest absolute Gasteiger partial charge is 0.274 e. The van der Waals surface area contributed by atoms with E-state index in [1.54, 1.807) is 32.2 Å². The second-order valence-corrected chi connectivity index (χ2v) is 9.35. The van der Waals surface area contributed by atoms with Crippen molar-refractivity contribution in [3.8, 4) is 0 Å².